The predicted molar refractivity (Wildman–Crippen MR) is 62.5 cm³/mol. The fourth-order valence-electron chi connectivity index (χ4n) is 2.22. The Labute approximate surface area is 91.0 Å². The molecule has 1 aliphatic carbocycles. The lowest BCUT2D eigenvalue weighted by Crippen LogP contribution is -2.29. The summed E-state index contributed by atoms with van der Waals surface area (Å²) in [4.78, 5) is 2.61. The third kappa shape index (κ3) is 4.46. The maximum atomic E-state index is 3.49. The van der Waals surface area contributed by atoms with E-state index in [0.29, 0.717) is 0 Å². The first-order valence-corrected chi connectivity index (χ1v) is 6.77. The molecule has 0 aliphatic heterocycles. The molecular formula is C11H22BrN. The minimum absolute atomic E-state index is 1.01. The van der Waals surface area contributed by atoms with Gasteiger partial charge >= 0.3 is 0 Å². The number of nitrogens with zero attached hydrogens (tertiary/aromatic N) is 1. The van der Waals surface area contributed by atoms with E-state index in [1.807, 2.05) is 0 Å². The van der Waals surface area contributed by atoms with Gasteiger partial charge in [0.15, 0.2) is 0 Å². The first-order chi connectivity index (χ1) is 6.36. The molecule has 0 amide bonds. The van der Waals surface area contributed by atoms with Gasteiger partial charge in [0.05, 0.1) is 0 Å². The van der Waals surface area contributed by atoms with Gasteiger partial charge in [-0.3, -0.25) is 0 Å². The lowest BCUT2D eigenvalue weighted by molar-refractivity contribution is 0.244. The van der Waals surface area contributed by atoms with Crippen molar-refractivity contribution >= 4 is 15.9 Å². The molecule has 0 spiro atoms. The third-order valence-corrected chi connectivity index (χ3v) is 3.61. The van der Waals surface area contributed by atoms with Gasteiger partial charge in [0.1, 0.15) is 0 Å². The van der Waals surface area contributed by atoms with E-state index in [9.17, 15) is 0 Å². The summed E-state index contributed by atoms with van der Waals surface area (Å²) >= 11 is 3.49. The fourth-order valence-corrected chi connectivity index (χ4v) is 2.47. The highest BCUT2D eigenvalue weighted by Gasteiger charge is 2.17. The summed E-state index contributed by atoms with van der Waals surface area (Å²) in [5.74, 6) is 1.01. The van der Waals surface area contributed by atoms with Gasteiger partial charge in [0.25, 0.3) is 0 Å². The molecular weight excluding hydrogens is 226 g/mol. The smallest absolute Gasteiger partial charge is 0.00434 e. The van der Waals surface area contributed by atoms with Gasteiger partial charge in [0.2, 0.25) is 0 Å². The Bertz CT molecular complexity index is 121. The number of alkyl halides is 1. The average molecular weight is 248 g/mol. The lowest BCUT2D eigenvalue weighted by atomic mass is 10.1. The van der Waals surface area contributed by atoms with Crippen LogP contribution in [0, 0.1) is 5.92 Å². The van der Waals surface area contributed by atoms with Gasteiger partial charge < -0.3 is 4.90 Å². The summed E-state index contributed by atoms with van der Waals surface area (Å²) < 4.78 is 0. The van der Waals surface area contributed by atoms with Crippen LogP contribution in [0.15, 0.2) is 0 Å². The van der Waals surface area contributed by atoms with E-state index in [4.69, 9.17) is 0 Å². The summed E-state index contributed by atoms with van der Waals surface area (Å²) in [7, 11) is 0. The molecule has 0 heterocycles. The summed E-state index contributed by atoms with van der Waals surface area (Å²) in [6.07, 6.45) is 7.19. The van der Waals surface area contributed by atoms with Gasteiger partial charge in [-0.25, -0.2) is 0 Å². The van der Waals surface area contributed by atoms with Crippen molar-refractivity contribution in [3.05, 3.63) is 0 Å². The van der Waals surface area contributed by atoms with Crippen LogP contribution in [0.3, 0.4) is 0 Å². The van der Waals surface area contributed by atoms with E-state index < -0.39 is 0 Å². The summed E-state index contributed by atoms with van der Waals surface area (Å²) in [5, 5.41) is 1.15. The first kappa shape index (κ1) is 11.5. The van der Waals surface area contributed by atoms with E-state index in [0.717, 1.165) is 11.2 Å². The van der Waals surface area contributed by atoms with Crippen molar-refractivity contribution in [2.24, 2.45) is 5.92 Å². The average Bonchev–Trinajstić information content (AvgIpc) is 2.64. The predicted octanol–water partition coefficient (Wildman–Crippen LogP) is 3.28. The third-order valence-electron chi connectivity index (χ3n) is 3.05. The molecule has 1 saturated carbocycles. The molecule has 0 aromatic heterocycles. The van der Waals surface area contributed by atoms with E-state index in [-0.39, 0.29) is 0 Å². The van der Waals surface area contributed by atoms with Crippen molar-refractivity contribution in [2.45, 2.75) is 39.0 Å². The van der Waals surface area contributed by atoms with Crippen LogP contribution in [0.4, 0.5) is 0 Å². The highest BCUT2D eigenvalue weighted by atomic mass is 79.9. The molecule has 0 atom stereocenters. The molecule has 2 heteroatoms. The Hall–Kier alpha value is 0.440. The summed E-state index contributed by atoms with van der Waals surface area (Å²) in [6, 6.07) is 0. The highest BCUT2D eigenvalue weighted by molar-refractivity contribution is 9.09. The molecule has 0 N–H and O–H groups in total. The first-order valence-electron chi connectivity index (χ1n) is 5.65. The quantitative estimate of drug-likeness (QED) is 0.652. The molecule has 1 nitrogen and oxygen atoms in total. The second kappa shape index (κ2) is 6.83. The van der Waals surface area contributed by atoms with Crippen LogP contribution in [0.5, 0.6) is 0 Å². The number of rotatable bonds is 6. The van der Waals surface area contributed by atoms with Crippen LogP contribution in [0.25, 0.3) is 0 Å². The Morgan fingerprint density at radius 1 is 1.31 bits per heavy atom. The van der Waals surface area contributed by atoms with Gasteiger partial charge in [-0.1, -0.05) is 35.7 Å². The Morgan fingerprint density at radius 3 is 2.54 bits per heavy atom. The molecule has 0 radical (unpaired) electrons. The molecule has 1 aliphatic rings. The SMILES string of the molecule is CCN(CCCBr)CC1CCCC1. The van der Waals surface area contributed by atoms with Crippen LogP contribution >= 0.6 is 15.9 Å². The molecule has 0 unspecified atom stereocenters. The van der Waals surface area contributed by atoms with E-state index >= 15 is 0 Å². The van der Waals surface area contributed by atoms with E-state index in [1.54, 1.807) is 0 Å². The molecule has 0 bridgehead atoms. The van der Waals surface area contributed by atoms with E-state index in [2.05, 4.69) is 27.8 Å². The highest BCUT2D eigenvalue weighted by Crippen LogP contribution is 2.25. The molecule has 0 aromatic rings. The Morgan fingerprint density at radius 2 is 2.00 bits per heavy atom. The number of halogens is 1. The van der Waals surface area contributed by atoms with Crippen LogP contribution < -0.4 is 0 Å². The van der Waals surface area contributed by atoms with Crippen molar-refractivity contribution in [2.75, 3.05) is 25.0 Å². The zero-order chi connectivity index (χ0) is 9.52. The van der Waals surface area contributed by atoms with Gasteiger partial charge in [0, 0.05) is 11.9 Å². The van der Waals surface area contributed by atoms with Crippen molar-refractivity contribution in [1.82, 2.24) is 4.90 Å². The molecule has 1 rings (SSSR count). The van der Waals surface area contributed by atoms with Gasteiger partial charge in [-0.05, 0) is 38.3 Å². The second-order valence-corrected chi connectivity index (χ2v) is 4.88. The van der Waals surface area contributed by atoms with Crippen LogP contribution in [-0.4, -0.2) is 29.9 Å². The van der Waals surface area contributed by atoms with Gasteiger partial charge in [-0.2, -0.15) is 0 Å². The van der Waals surface area contributed by atoms with Crippen molar-refractivity contribution in [3.63, 3.8) is 0 Å². The lowest BCUT2D eigenvalue weighted by Gasteiger charge is -2.23. The Balaban J connectivity index is 2.13. The largest absolute Gasteiger partial charge is 0.303 e. The molecule has 13 heavy (non-hydrogen) atoms. The Kier molecular flexibility index (Phi) is 6.05. The van der Waals surface area contributed by atoms with E-state index in [1.165, 1.54) is 51.7 Å². The van der Waals surface area contributed by atoms with Gasteiger partial charge in [-0.15, -0.1) is 0 Å². The molecule has 1 fully saturated rings. The van der Waals surface area contributed by atoms with Crippen molar-refractivity contribution < 1.29 is 0 Å². The van der Waals surface area contributed by atoms with Crippen LogP contribution in [-0.2, 0) is 0 Å². The molecule has 0 aromatic carbocycles. The summed E-state index contributed by atoms with van der Waals surface area (Å²) in [6.45, 7) is 6.13. The minimum Gasteiger partial charge on any atom is -0.303 e. The topological polar surface area (TPSA) is 3.24 Å². The molecule has 0 saturated heterocycles. The summed E-state index contributed by atoms with van der Waals surface area (Å²) in [5.41, 5.74) is 0. The van der Waals surface area contributed by atoms with Crippen molar-refractivity contribution in [3.8, 4) is 0 Å². The monoisotopic (exact) mass is 247 g/mol. The fraction of sp³-hybridized carbons (Fsp3) is 1.00. The zero-order valence-electron chi connectivity index (χ0n) is 8.77. The minimum atomic E-state index is 1.01. The zero-order valence-corrected chi connectivity index (χ0v) is 10.4. The normalized spacial score (nSPS) is 18.7. The van der Waals surface area contributed by atoms with Crippen LogP contribution in [0.2, 0.25) is 0 Å². The van der Waals surface area contributed by atoms with Crippen LogP contribution in [0.1, 0.15) is 39.0 Å². The van der Waals surface area contributed by atoms with Crippen molar-refractivity contribution in [1.29, 1.82) is 0 Å². The maximum Gasteiger partial charge on any atom is 0.00434 e. The molecule has 78 valence electrons. The number of hydrogen-bond acceptors (Lipinski definition) is 1. The standard InChI is InChI=1S/C11H22BrN/c1-2-13(9-5-8-12)10-11-6-3-4-7-11/h11H,2-10H2,1H3. The second-order valence-electron chi connectivity index (χ2n) is 4.09. The number of hydrogen-bond donors (Lipinski definition) is 0. The maximum absolute atomic E-state index is 3.49.